The average Bonchev–Trinajstić information content (AvgIpc) is 2.69. The highest BCUT2D eigenvalue weighted by molar-refractivity contribution is 7.67. The second kappa shape index (κ2) is 7.32. The topological polar surface area (TPSA) is 46.5 Å². The third kappa shape index (κ3) is 3.68. The first-order valence-corrected chi connectivity index (χ1v) is 12.2. The van der Waals surface area contributed by atoms with Crippen LogP contribution >= 0.6 is 7.37 Å². The van der Waals surface area contributed by atoms with Gasteiger partial charge in [-0.25, -0.2) is 0 Å². The van der Waals surface area contributed by atoms with Crippen LogP contribution in [-0.4, -0.2) is 5.11 Å². The van der Waals surface area contributed by atoms with Gasteiger partial charge >= 0.3 is 0 Å². The van der Waals surface area contributed by atoms with Gasteiger partial charge in [0.25, 0.3) is 7.37 Å². The summed E-state index contributed by atoms with van der Waals surface area (Å²) in [4.78, 5) is 0. The molecule has 1 N–H and O–H groups in total. The van der Waals surface area contributed by atoms with Crippen molar-refractivity contribution in [2.24, 2.45) is 5.41 Å². The Morgan fingerprint density at radius 3 is 2.30 bits per heavy atom. The van der Waals surface area contributed by atoms with Crippen LogP contribution in [0.4, 0.5) is 0 Å². The quantitative estimate of drug-likeness (QED) is 0.476. The van der Waals surface area contributed by atoms with E-state index in [1.54, 1.807) is 0 Å². The number of para-hydroxylation sites is 1. The van der Waals surface area contributed by atoms with Crippen LogP contribution in [0.1, 0.15) is 43.0 Å². The van der Waals surface area contributed by atoms with Gasteiger partial charge in [-0.1, -0.05) is 63.2 Å². The van der Waals surface area contributed by atoms with Crippen LogP contribution in [0.5, 0.6) is 11.5 Å². The average molecular weight is 420 g/mol. The van der Waals surface area contributed by atoms with E-state index in [0.29, 0.717) is 11.5 Å². The van der Waals surface area contributed by atoms with Crippen molar-refractivity contribution in [1.29, 1.82) is 0 Å². The molecule has 3 aromatic rings. The maximum atomic E-state index is 14.2. The zero-order valence-corrected chi connectivity index (χ0v) is 19.2. The highest BCUT2D eigenvalue weighted by Gasteiger charge is 2.37. The minimum atomic E-state index is -3.20. The second-order valence-corrected chi connectivity index (χ2v) is 11.8. The summed E-state index contributed by atoms with van der Waals surface area (Å²) in [5.41, 5.74) is 5.68. The van der Waals surface area contributed by atoms with E-state index in [2.05, 4.69) is 20.8 Å². The monoisotopic (exact) mass is 420 g/mol. The molecule has 0 spiro atoms. The fourth-order valence-corrected chi connectivity index (χ4v) is 6.93. The van der Waals surface area contributed by atoms with Crippen molar-refractivity contribution in [2.45, 2.75) is 47.2 Å². The van der Waals surface area contributed by atoms with Crippen LogP contribution in [0.25, 0.3) is 11.1 Å². The standard InChI is InChI=1S/C26H29O3P/c1-17-14-19(15-26(3,4)5)25(27)18(2)22(17)16-30(28)24-13-9-7-11-21(24)20-10-6-8-12-23(20)29-30/h6-14,27H,15-16H2,1-5H3. The fraction of sp³-hybridized carbons (Fsp3) is 0.308. The summed E-state index contributed by atoms with van der Waals surface area (Å²) < 4.78 is 20.4. The molecule has 4 rings (SSSR count). The first kappa shape index (κ1) is 20.8. The van der Waals surface area contributed by atoms with Crippen molar-refractivity contribution < 1.29 is 14.2 Å². The van der Waals surface area contributed by atoms with Crippen molar-refractivity contribution in [3.8, 4) is 22.6 Å². The molecule has 1 unspecified atom stereocenters. The molecule has 0 saturated carbocycles. The molecular weight excluding hydrogens is 391 g/mol. The van der Waals surface area contributed by atoms with Crippen molar-refractivity contribution in [2.75, 3.05) is 0 Å². The summed E-state index contributed by atoms with van der Waals surface area (Å²) in [5, 5.41) is 11.7. The van der Waals surface area contributed by atoms with Crippen molar-refractivity contribution in [1.82, 2.24) is 0 Å². The van der Waals surface area contributed by atoms with Crippen LogP contribution in [0.2, 0.25) is 0 Å². The number of phenols is 1. The van der Waals surface area contributed by atoms with Gasteiger partial charge in [-0.3, -0.25) is 4.57 Å². The number of phenolic OH excluding ortho intramolecular Hbond substituents is 1. The molecule has 0 aliphatic carbocycles. The van der Waals surface area contributed by atoms with Crippen LogP contribution in [0.3, 0.4) is 0 Å². The number of rotatable bonds is 3. The molecule has 0 aromatic heterocycles. The number of benzene rings is 3. The molecule has 1 atom stereocenters. The van der Waals surface area contributed by atoms with E-state index in [0.717, 1.165) is 45.1 Å². The molecule has 0 radical (unpaired) electrons. The lowest BCUT2D eigenvalue weighted by atomic mass is 9.85. The highest BCUT2D eigenvalue weighted by atomic mass is 31.2. The van der Waals surface area contributed by atoms with E-state index in [4.69, 9.17) is 4.52 Å². The Balaban J connectivity index is 1.80. The van der Waals surface area contributed by atoms with E-state index in [-0.39, 0.29) is 11.6 Å². The maximum absolute atomic E-state index is 14.2. The molecule has 1 heterocycles. The number of hydrogen-bond donors (Lipinski definition) is 1. The van der Waals surface area contributed by atoms with E-state index < -0.39 is 7.37 Å². The van der Waals surface area contributed by atoms with Gasteiger partial charge in [0, 0.05) is 5.56 Å². The molecule has 0 amide bonds. The van der Waals surface area contributed by atoms with Crippen LogP contribution in [0.15, 0.2) is 54.6 Å². The van der Waals surface area contributed by atoms with Gasteiger partial charge in [-0.2, -0.15) is 0 Å². The Hall–Kier alpha value is -2.51. The summed E-state index contributed by atoms with van der Waals surface area (Å²) in [7, 11) is -3.20. The second-order valence-electron chi connectivity index (χ2n) is 9.48. The third-order valence-corrected chi connectivity index (χ3v) is 8.11. The minimum absolute atomic E-state index is 0.0692. The number of aromatic hydroxyl groups is 1. The van der Waals surface area contributed by atoms with E-state index in [9.17, 15) is 9.67 Å². The predicted molar refractivity (Wildman–Crippen MR) is 124 cm³/mol. The predicted octanol–water partition coefficient (Wildman–Crippen LogP) is 6.76. The largest absolute Gasteiger partial charge is 0.507 e. The molecule has 30 heavy (non-hydrogen) atoms. The van der Waals surface area contributed by atoms with Gasteiger partial charge in [-0.05, 0) is 65.6 Å². The lowest BCUT2D eigenvalue weighted by Gasteiger charge is -2.30. The summed E-state index contributed by atoms with van der Waals surface area (Å²) in [6, 6.07) is 17.6. The highest BCUT2D eigenvalue weighted by Crippen LogP contribution is 2.57. The minimum Gasteiger partial charge on any atom is -0.507 e. The van der Waals surface area contributed by atoms with Gasteiger partial charge in [0.1, 0.15) is 11.5 Å². The lowest BCUT2D eigenvalue weighted by Crippen LogP contribution is -2.19. The third-order valence-electron chi connectivity index (χ3n) is 5.76. The van der Waals surface area contributed by atoms with E-state index >= 15 is 0 Å². The van der Waals surface area contributed by atoms with E-state index in [1.807, 2.05) is 68.4 Å². The Bertz CT molecular complexity index is 1170. The number of fused-ring (bicyclic) bond motifs is 3. The Morgan fingerprint density at radius 1 is 0.967 bits per heavy atom. The Labute approximate surface area is 179 Å². The van der Waals surface area contributed by atoms with Crippen molar-refractivity contribution in [3.63, 3.8) is 0 Å². The SMILES string of the molecule is Cc1cc(CC(C)(C)C)c(O)c(C)c1CP1(=O)Oc2ccccc2-c2ccccc21. The van der Waals surface area contributed by atoms with Gasteiger partial charge in [0.05, 0.1) is 11.5 Å². The molecule has 0 bridgehead atoms. The molecule has 4 heteroatoms. The molecule has 1 aliphatic rings. The fourth-order valence-electron chi connectivity index (χ4n) is 4.35. The summed E-state index contributed by atoms with van der Waals surface area (Å²) >= 11 is 0. The summed E-state index contributed by atoms with van der Waals surface area (Å²) in [6.07, 6.45) is 1.05. The molecule has 3 nitrogen and oxygen atoms in total. The maximum Gasteiger partial charge on any atom is 0.282 e. The normalized spacial score (nSPS) is 17.8. The van der Waals surface area contributed by atoms with Gasteiger partial charge < -0.3 is 9.63 Å². The zero-order valence-electron chi connectivity index (χ0n) is 18.3. The van der Waals surface area contributed by atoms with Gasteiger partial charge in [-0.15, -0.1) is 0 Å². The Kier molecular flexibility index (Phi) is 5.06. The van der Waals surface area contributed by atoms with Crippen molar-refractivity contribution >= 4 is 12.7 Å². The van der Waals surface area contributed by atoms with Crippen LogP contribution in [0, 0.1) is 19.3 Å². The molecular formula is C26H29O3P. The smallest absolute Gasteiger partial charge is 0.282 e. The molecule has 3 aromatic carbocycles. The molecule has 1 aliphatic heterocycles. The first-order valence-electron chi connectivity index (χ1n) is 10.4. The first-order chi connectivity index (χ1) is 14.1. The number of hydrogen-bond acceptors (Lipinski definition) is 3. The summed E-state index contributed by atoms with van der Waals surface area (Å²) in [6.45, 7) is 10.4. The van der Waals surface area contributed by atoms with Crippen LogP contribution < -0.4 is 9.83 Å². The van der Waals surface area contributed by atoms with Gasteiger partial charge in [0.15, 0.2) is 0 Å². The molecule has 156 valence electrons. The lowest BCUT2D eigenvalue weighted by molar-refractivity contribution is 0.393. The molecule has 0 fully saturated rings. The van der Waals surface area contributed by atoms with Crippen LogP contribution in [-0.2, 0) is 17.1 Å². The van der Waals surface area contributed by atoms with Gasteiger partial charge in [0.2, 0.25) is 0 Å². The van der Waals surface area contributed by atoms with Crippen molar-refractivity contribution in [3.05, 3.63) is 76.9 Å². The zero-order chi connectivity index (χ0) is 21.7. The molecule has 0 saturated heterocycles. The Morgan fingerprint density at radius 2 is 1.60 bits per heavy atom. The summed E-state index contributed by atoms with van der Waals surface area (Å²) in [5.74, 6) is 0.964. The van der Waals surface area contributed by atoms with E-state index in [1.165, 1.54) is 0 Å². The number of aryl methyl sites for hydroxylation is 1.